The topological polar surface area (TPSA) is 103 Å². The number of aromatic amines is 1. The highest BCUT2D eigenvalue weighted by Crippen LogP contribution is 2.29. The Morgan fingerprint density at radius 3 is 2.77 bits per heavy atom. The number of aromatic nitrogens is 5. The Morgan fingerprint density at radius 1 is 1.00 bits per heavy atom. The van der Waals surface area contributed by atoms with Crippen LogP contribution >= 0.6 is 0 Å². The van der Waals surface area contributed by atoms with Gasteiger partial charge in [-0.1, -0.05) is 6.07 Å². The van der Waals surface area contributed by atoms with Crippen LogP contribution in [0.4, 0.5) is 11.6 Å². The summed E-state index contributed by atoms with van der Waals surface area (Å²) in [5.74, 6) is 0.969. The number of nitrogens with zero attached hydrogens (tertiary/aromatic N) is 6. The predicted octanol–water partition coefficient (Wildman–Crippen LogP) is 3.57. The quantitative estimate of drug-likeness (QED) is 0.419. The maximum absolute atomic E-state index is 13.0. The van der Waals surface area contributed by atoms with Gasteiger partial charge >= 0.3 is 0 Å². The Balaban J connectivity index is 1.26. The van der Waals surface area contributed by atoms with Gasteiger partial charge in [-0.3, -0.25) is 9.78 Å². The number of carbonyl (C=O) groups is 1. The van der Waals surface area contributed by atoms with E-state index in [-0.39, 0.29) is 5.91 Å². The molecule has 1 fully saturated rings. The van der Waals surface area contributed by atoms with E-state index in [2.05, 4.69) is 47.3 Å². The van der Waals surface area contributed by atoms with Gasteiger partial charge in [0.05, 0.1) is 17.2 Å². The number of carbonyl (C=O) groups excluding carboxylic acids is 1. The molecule has 1 aliphatic heterocycles. The summed E-state index contributed by atoms with van der Waals surface area (Å²) in [4.78, 5) is 29.5. The molecule has 4 aromatic heterocycles. The highest BCUT2D eigenvalue weighted by atomic mass is 16.1. The van der Waals surface area contributed by atoms with Crippen LogP contribution in [0.3, 0.4) is 0 Å². The van der Waals surface area contributed by atoms with Crippen molar-refractivity contribution in [1.29, 1.82) is 0 Å². The molecule has 1 aromatic carbocycles. The molecule has 5 aromatic rings. The molecule has 0 radical (unpaired) electrons. The van der Waals surface area contributed by atoms with Gasteiger partial charge in [0, 0.05) is 66.7 Å². The van der Waals surface area contributed by atoms with E-state index in [4.69, 9.17) is 0 Å². The largest absolute Gasteiger partial charge is 0.360 e. The van der Waals surface area contributed by atoms with E-state index in [9.17, 15) is 4.79 Å². The van der Waals surface area contributed by atoms with Crippen molar-refractivity contribution in [2.24, 2.45) is 0 Å². The molecule has 2 N–H and O–H groups in total. The van der Waals surface area contributed by atoms with Gasteiger partial charge in [-0.2, -0.15) is 0 Å². The lowest BCUT2D eigenvalue weighted by Gasteiger charge is -2.33. The highest BCUT2D eigenvalue weighted by Gasteiger charge is 2.17. The maximum Gasteiger partial charge on any atom is 0.257 e. The van der Waals surface area contributed by atoms with Crippen molar-refractivity contribution in [3.63, 3.8) is 0 Å². The minimum absolute atomic E-state index is 0.242. The molecule has 0 aliphatic carbocycles. The number of hydrogen-bond donors (Lipinski definition) is 2. The highest BCUT2D eigenvalue weighted by molar-refractivity contribution is 6.05. The van der Waals surface area contributed by atoms with Crippen molar-refractivity contribution in [1.82, 2.24) is 30.0 Å². The van der Waals surface area contributed by atoms with Gasteiger partial charge in [0.1, 0.15) is 5.82 Å². The number of benzene rings is 1. The van der Waals surface area contributed by atoms with Crippen LogP contribution in [0.15, 0.2) is 67.3 Å². The Labute approximate surface area is 201 Å². The summed E-state index contributed by atoms with van der Waals surface area (Å²) in [6, 6.07) is 13.4. The number of anilines is 2. The third-order valence-corrected chi connectivity index (χ3v) is 6.45. The first kappa shape index (κ1) is 21.2. The second-order valence-electron chi connectivity index (χ2n) is 8.78. The minimum atomic E-state index is -0.242. The number of likely N-dealkylation sites (N-methyl/N-ethyl adjacent to an activating group) is 1. The third kappa shape index (κ3) is 4.17. The van der Waals surface area contributed by atoms with Crippen LogP contribution in [-0.4, -0.2) is 69.2 Å². The van der Waals surface area contributed by atoms with Gasteiger partial charge < -0.3 is 20.1 Å². The Morgan fingerprint density at radius 2 is 1.89 bits per heavy atom. The van der Waals surface area contributed by atoms with Crippen LogP contribution in [0.2, 0.25) is 0 Å². The first-order valence-corrected chi connectivity index (χ1v) is 11.5. The van der Waals surface area contributed by atoms with Gasteiger partial charge in [-0.05, 0) is 49.0 Å². The molecule has 0 atom stereocenters. The van der Waals surface area contributed by atoms with E-state index in [0.29, 0.717) is 11.4 Å². The van der Waals surface area contributed by atoms with Crippen molar-refractivity contribution in [3.05, 3.63) is 72.8 Å². The molecule has 174 valence electrons. The normalized spacial score (nSPS) is 14.5. The summed E-state index contributed by atoms with van der Waals surface area (Å²) >= 11 is 0. The fraction of sp³-hybridized carbons (Fsp3) is 0.192. The van der Waals surface area contributed by atoms with E-state index in [1.807, 2.05) is 55.0 Å². The van der Waals surface area contributed by atoms with Crippen LogP contribution in [-0.2, 0) is 0 Å². The van der Waals surface area contributed by atoms with Crippen molar-refractivity contribution >= 4 is 39.3 Å². The molecule has 0 unspecified atom stereocenters. The summed E-state index contributed by atoms with van der Waals surface area (Å²) in [6.45, 7) is 3.72. The summed E-state index contributed by atoms with van der Waals surface area (Å²) in [5.41, 5.74) is 4.32. The molecule has 35 heavy (non-hydrogen) atoms. The summed E-state index contributed by atoms with van der Waals surface area (Å²) in [7, 11) is 2.11. The van der Waals surface area contributed by atoms with Crippen molar-refractivity contribution in [3.8, 4) is 11.1 Å². The van der Waals surface area contributed by atoms with Crippen LogP contribution in [0.25, 0.3) is 32.9 Å². The molecule has 6 rings (SSSR count). The zero-order valence-corrected chi connectivity index (χ0v) is 19.3. The molecule has 0 saturated carbocycles. The van der Waals surface area contributed by atoms with E-state index in [1.54, 1.807) is 12.3 Å². The maximum atomic E-state index is 13.0. The fourth-order valence-electron chi connectivity index (χ4n) is 4.44. The van der Waals surface area contributed by atoms with E-state index < -0.39 is 0 Å². The molecule has 9 nitrogen and oxygen atoms in total. The van der Waals surface area contributed by atoms with E-state index in [1.165, 1.54) is 0 Å². The van der Waals surface area contributed by atoms with Crippen LogP contribution < -0.4 is 10.2 Å². The van der Waals surface area contributed by atoms with Gasteiger partial charge in [-0.15, -0.1) is 10.2 Å². The van der Waals surface area contributed by atoms with Crippen molar-refractivity contribution < 1.29 is 4.79 Å². The smallest absolute Gasteiger partial charge is 0.257 e. The number of hydrogen-bond acceptors (Lipinski definition) is 7. The molecular weight excluding hydrogens is 440 g/mol. The SMILES string of the molecule is CN1CCN(c2cc(C(=O)Nc3cc4cc(-c5cncc6[nH]ccc56)ccc4nn3)ccn2)CC1. The lowest BCUT2D eigenvalue weighted by atomic mass is 10.0. The molecular formula is C26H24N8O. The summed E-state index contributed by atoms with van der Waals surface area (Å²) in [5, 5.41) is 13.4. The first-order chi connectivity index (χ1) is 17.1. The number of piperazine rings is 1. The number of H-pyrrole nitrogens is 1. The molecule has 0 spiro atoms. The van der Waals surface area contributed by atoms with E-state index >= 15 is 0 Å². The van der Waals surface area contributed by atoms with Crippen LogP contribution in [0.5, 0.6) is 0 Å². The molecule has 0 bridgehead atoms. The summed E-state index contributed by atoms with van der Waals surface area (Å²) in [6.07, 6.45) is 7.25. The fourth-order valence-corrected chi connectivity index (χ4v) is 4.44. The number of fused-ring (bicyclic) bond motifs is 2. The van der Waals surface area contributed by atoms with E-state index in [0.717, 1.165) is 64.9 Å². The number of rotatable bonds is 4. The standard InChI is InChI=1S/C26H24N8O/c1-33-8-10-34(11-9-33)25-14-18(4-6-29-25)26(35)30-24-13-19-12-17(2-3-22(19)31-32-24)21-15-27-16-23-20(21)5-7-28-23/h2-7,12-16,28H,8-11H2,1H3,(H,30,32,35). The zero-order chi connectivity index (χ0) is 23.8. The van der Waals surface area contributed by atoms with Gasteiger partial charge in [0.15, 0.2) is 5.82 Å². The molecule has 1 amide bonds. The monoisotopic (exact) mass is 464 g/mol. The first-order valence-electron chi connectivity index (χ1n) is 11.5. The second kappa shape index (κ2) is 8.77. The molecule has 1 aliphatic rings. The predicted molar refractivity (Wildman–Crippen MR) is 137 cm³/mol. The number of pyridine rings is 2. The number of nitrogens with one attached hydrogen (secondary N) is 2. The average molecular weight is 465 g/mol. The van der Waals surface area contributed by atoms with Crippen LogP contribution in [0.1, 0.15) is 10.4 Å². The average Bonchev–Trinajstić information content (AvgIpc) is 3.38. The van der Waals surface area contributed by atoms with Crippen molar-refractivity contribution in [2.45, 2.75) is 0 Å². The van der Waals surface area contributed by atoms with Gasteiger partial charge in [0.2, 0.25) is 0 Å². The molecule has 9 heteroatoms. The van der Waals surface area contributed by atoms with Crippen molar-refractivity contribution in [2.75, 3.05) is 43.4 Å². The summed E-state index contributed by atoms with van der Waals surface area (Å²) < 4.78 is 0. The van der Waals surface area contributed by atoms with Gasteiger partial charge in [0.25, 0.3) is 5.91 Å². The Hall–Kier alpha value is -4.37. The Kier molecular flexibility index (Phi) is 5.31. The second-order valence-corrected chi connectivity index (χ2v) is 8.78. The van der Waals surface area contributed by atoms with Crippen LogP contribution in [0, 0.1) is 0 Å². The number of amides is 1. The molecule has 5 heterocycles. The Bertz CT molecular complexity index is 1540. The minimum Gasteiger partial charge on any atom is -0.360 e. The van der Waals surface area contributed by atoms with Gasteiger partial charge in [-0.25, -0.2) is 4.98 Å². The lowest BCUT2D eigenvalue weighted by Crippen LogP contribution is -2.44. The lowest BCUT2D eigenvalue weighted by molar-refractivity contribution is 0.102. The zero-order valence-electron chi connectivity index (χ0n) is 19.3. The third-order valence-electron chi connectivity index (χ3n) is 6.45. The molecule has 1 saturated heterocycles.